The molecule has 3 N–H and O–H groups in total. The van der Waals surface area contributed by atoms with Crippen LogP contribution in [0.4, 0.5) is 14.5 Å². The number of anilines is 1. The van der Waals surface area contributed by atoms with Crippen molar-refractivity contribution in [2.45, 2.75) is 19.0 Å². The Morgan fingerprint density at radius 2 is 1.85 bits per heavy atom. The van der Waals surface area contributed by atoms with Crippen LogP contribution in [0, 0.1) is 11.6 Å². The summed E-state index contributed by atoms with van der Waals surface area (Å²) in [6, 6.07) is 15.9. The summed E-state index contributed by atoms with van der Waals surface area (Å²) in [7, 11) is 0. The molecule has 0 aliphatic carbocycles. The van der Waals surface area contributed by atoms with Gasteiger partial charge in [0.2, 0.25) is 5.43 Å². The van der Waals surface area contributed by atoms with Gasteiger partial charge in [-0.2, -0.15) is 0 Å². The summed E-state index contributed by atoms with van der Waals surface area (Å²) in [5, 5.41) is 21.5. The number of benzene rings is 3. The van der Waals surface area contributed by atoms with Crippen LogP contribution < -0.4 is 15.6 Å². The van der Waals surface area contributed by atoms with Gasteiger partial charge in [-0.3, -0.25) is 9.79 Å². The Balaban J connectivity index is 1.40. The minimum Gasteiger partial charge on any atom is -0.477 e. The number of aromatic nitrogens is 1. The summed E-state index contributed by atoms with van der Waals surface area (Å²) in [5.74, 6) is -2.53. The van der Waals surface area contributed by atoms with E-state index in [0.29, 0.717) is 43.8 Å². The number of nitrogens with one attached hydrogen (secondary N) is 1. The Hall–Kier alpha value is -4.41. The number of carbonyl (C=O) groups is 1. The minimum absolute atomic E-state index is 0.0605. The van der Waals surface area contributed by atoms with E-state index in [0.717, 1.165) is 17.2 Å². The van der Waals surface area contributed by atoms with Gasteiger partial charge in [-0.25, -0.2) is 13.6 Å². The van der Waals surface area contributed by atoms with Crippen molar-refractivity contribution in [1.29, 1.82) is 0 Å². The van der Waals surface area contributed by atoms with Crippen molar-refractivity contribution in [1.82, 2.24) is 9.88 Å². The maximum atomic E-state index is 15.4. The molecule has 3 aromatic carbocycles. The van der Waals surface area contributed by atoms with Gasteiger partial charge in [0.15, 0.2) is 0 Å². The molecular formula is C30H28F2N4O4. The number of carboxylic acids is 1. The highest BCUT2D eigenvalue weighted by Crippen LogP contribution is 2.30. The molecule has 40 heavy (non-hydrogen) atoms. The number of aliphatic hydroxyl groups excluding tert-OH is 1. The summed E-state index contributed by atoms with van der Waals surface area (Å²) in [6.07, 6.45) is 3.70. The van der Waals surface area contributed by atoms with Crippen molar-refractivity contribution in [3.8, 4) is 5.69 Å². The first kappa shape index (κ1) is 27.2. The molecule has 0 amide bonds. The Kier molecular flexibility index (Phi) is 7.99. The number of aliphatic imine (C=N–C) groups is 1. The number of aliphatic hydroxyl groups is 1. The largest absolute Gasteiger partial charge is 0.477 e. The highest BCUT2D eigenvalue weighted by Gasteiger charge is 2.26. The predicted molar refractivity (Wildman–Crippen MR) is 150 cm³/mol. The van der Waals surface area contributed by atoms with Crippen molar-refractivity contribution >= 4 is 28.8 Å². The lowest BCUT2D eigenvalue weighted by Gasteiger charge is -2.21. The predicted octanol–water partition coefficient (Wildman–Crippen LogP) is 3.75. The normalized spacial score (nSPS) is 15.4. The molecule has 2 heterocycles. The van der Waals surface area contributed by atoms with Crippen molar-refractivity contribution in [2.75, 3.05) is 31.1 Å². The molecule has 1 aliphatic heterocycles. The number of rotatable bonds is 9. The first-order chi connectivity index (χ1) is 19.3. The Morgan fingerprint density at radius 1 is 1.10 bits per heavy atom. The van der Waals surface area contributed by atoms with Crippen LogP contribution in [0.3, 0.4) is 0 Å². The molecule has 1 atom stereocenters. The third kappa shape index (κ3) is 5.78. The zero-order valence-electron chi connectivity index (χ0n) is 21.6. The van der Waals surface area contributed by atoms with Gasteiger partial charge in [0.05, 0.1) is 23.9 Å². The molecule has 1 unspecified atom stereocenters. The molecule has 4 aromatic rings. The van der Waals surface area contributed by atoms with Crippen LogP contribution >= 0.6 is 0 Å². The molecule has 5 rings (SSSR count). The fourth-order valence-electron chi connectivity index (χ4n) is 4.85. The molecule has 0 radical (unpaired) electrons. The van der Waals surface area contributed by atoms with E-state index in [2.05, 4.69) is 5.32 Å². The van der Waals surface area contributed by atoms with E-state index in [-0.39, 0.29) is 23.7 Å². The fraction of sp³-hybridized carbons (Fsp3) is 0.233. The van der Waals surface area contributed by atoms with Crippen LogP contribution in [0.2, 0.25) is 0 Å². The average molecular weight is 547 g/mol. The Morgan fingerprint density at radius 3 is 2.55 bits per heavy atom. The summed E-state index contributed by atoms with van der Waals surface area (Å²) < 4.78 is 30.4. The van der Waals surface area contributed by atoms with Gasteiger partial charge in [-0.05, 0) is 53.9 Å². The molecule has 8 nitrogen and oxygen atoms in total. The quantitative estimate of drug-likeness (QED) is 0.218. The van der Waals surface area contributed by atoms with Crippen LogP contribution in [0.1, 0.15) is 27.9 Å². The smallest absolute Gasteiger partial charge is 0.341 e. The number of hydrogen-bond acceptors (Lipinski definition) is 6. The van der Waals surface area contributed by atoms with Gasteiger partial charge in [-0.1, -0.05) is 24.3 Å². The fourth-order valence-corrected chi connectivity index (χ4v) is 4.85. The molecule has 0 saturated carbocycles. The number of aromatic carboxylic acids is 1. The summed E-state index contributed by atoms with van der Waals surface area (Å²) >= 11 is 0. The zero-order valence-corrected chi connectivity index (χ0v) is 21.6. The van der Waals surface area contributed by atoms with E-state index >= 15 is 4.39 Å². The van der Waals surface area contributed by atoms with E-state index in [9.17, 15) is 19.1 Å². The number of fused-ring (bicyclic) bond motifs is 1. The van der Waals surface area contributed by atoms with Crippen molar-refractivity contribution in [3.05, 3.63) is 105 Å². The number of hydrogen-bond donors (Lipinski definition) is 3. The van der Waals surface area contributed by atoms with E-state index in [1.807, 2.05) is 29.2 Å². The third-order valence-electron chi connectivity index (χ3n) is 6.94. The van der Waals surface area contributed by atoms with Gasteiger partial charge in [0.1, 0.15) is 17.2 Å². The van der Waals surface area contributed by atoms with Gasteiger partial charge in [0.25, 0.3) is 0 Å². The number of pyridine rings is 1. The monoisotopic (exact) mass is 546 g/mol. The molecule has 206 valence electrons. The average Bonchev–Trinajstić information content (AvgIpc) is 3.42. The molecular weight excluding hydrogens is 518 g/mol. The van der Waals surface area contributed by atoms with Gasteiger partial charge in [-0.15, -0.1) is 0 Å². The van der Waals surface area contributed by atoms with E-state index < -0.39 is 28.6 Å². The topological polar surface area (TPSA) is 107 Å². The van der Waals surface area contributed by atoms with E-state index in [1.54, 1.807) is 6.21 Å². The third-order valence-corrected chi connectivity index (χ3v) is 6.94. The lowest BCUT2D eigenvalue weighted by molar-refractivity contribution is 0.0695. The SMILES string of the molecule is O=C(O)c1cn(-c2ccc(F)cc2)c2cc(N3CCC(N=Cc4ccc(CNCCO)cc4)C3)c(F)cc2c1=O. The zero-order chi connectivity index (χ0) is 28.2. The van der Waals surface area contributed by atoms with E-state index in [1.165, 1.54) is 41.1 Å². The van der Waals surface area contributed by atoms with Crippen molar-refractivity contribution in [3.63, 3.8) is 0 Å². The Labute approximate surface area is 228 Å². The summed E-state index contributed by atoms with van der Waals surface area (Å²) in [4.78, 5) is 31.2. The van der Waals surface area contributed by atoms with Crippen LogP contribution in [-0.2, 0) is 6.54 Å². The molecule has 0 spiro atoms. The number of carboxylic acid groups (broad SMARTS) is 1. The van der Waals surface area contributed by atoms with Gasteiger partial charge in [0, 0.05) is 49.7 Å². The standard InChI is InChI=1S/C30H28F2N4O4/c31-21-5-7-23(8-6-21)36-18-25(30(39)40)29(38)24-13-26(32)28(14-27(24)36)35-11-9-22(17-35)34-16-20-3-1-19(2-4-20)15-33-10-12-37/h1-8,13-14,16,18,22,33,37H,9-12,15,17H2,(H,39,40). The summed E-state index contributed by atoms with van der Waals surface area (Å²) in [6.45, 7) is 2.31. The lowest BCUT2D eigenvalue weighted by Crippen LogP contribution is -2.23. The number of nitrogens with zero attached hydrogens (tertiary/aromatic N) is 3. The Bertz CT molecular complexity index is 1620. The second kappa shape index (κ2) is 11.8. The highest BCUT2D eigenvalue weighted by molar-refractivity contribution is 5.94. The lowest BCUT2D eigenvalue weighted by atomic mass is 10.1. The second-order valence-electron chi connectivity index (χ2n) is 9.65. The molecule has 10 heteroatoms. The van der Waals surface area contributed by atoms with E-state index in [4.69, 9.17) is 10.1 Å². The van der Waals surface area contributed by atoms with Crippen LogP contribution in [0.15, 0.2) is 76.6 Å². The van der Waals surface area contributed by atoms with Gasteiger partial charge >= 0.3 is 5.97 Å². The molecule has 1 saturated heterocycles. The molecule has 1 fully saturated rings. The molecule has 1 aliphatic rings. The maximum absolute atomic E-state index is 15.4. The van der Waals surface area contributed by atoms with Gasteiger partial charge < -0.3 is 25.0 Å². The number of halogens is 2. The molecule has 1 aromatic heterocycles. The summed E-state index contributed by atoms with van der Waals surface area (Å²) in [5.41, 5.74) is 1.78. The van der Waals surface area contributed by atoms with Crippen LogP contribution in [-0.4, -0.2) is 59.2 Å². The maximum Gasteiger partial charge on any atom is 0.341 e. The van der Waals surface area contributed by atoms with Crippen LogP contribution in [0.25, 0.3) is 16.6 Å². The van der Waals surface area contributed by atoms with Crippen molar-refractivity contribution in [2.24, 2.45) is 4.99 Å². The van der Waals surface area contributed by atoms with Crippen molar-refractivity contribution < 1.29 is 23.8 Å². The highest BCUT2D eigenvalue weighted by atomic mass is 19.1. The molecule has 0 bridgehead atoms. The van der Waals surface area contributed by atoms with Crippen LogP contribution in [0.5, 0.6) is 0 Å². The second-order valence-corrected chi connectivity index (χ2v) is 9.65. The first-order valence-corrected chi connectivity index (χ1v) is 12.9. The first-order valence-electron chi connectivity index (χ1n) is 12.9. The minimum atomic E-state index is -1.43.